The molecule has 116 valence electrons. The Kier molecular flexibility index (Phi) is 4.69. The second kappa shape index (κ2) is 6.32. The second-order valence-corrected chi connectivity index (χ2v) is 5.04. The van der Waals surface area contributed by atoms with Crippen molar-refractivity contribution < 1.29 is 24.1 Å². The third kappa shape index (κ3) is 2.82. The Hall–Kier alpha value is -1.79. The first-order valence-electron chi connectivity index (χ1n) is 6.82. The predicted molar refractivity (Wildman–Crippen MR) is 76.9 cm³/mol. The zero-order chi connectivity index (χ0) is 15.5. The number of rotatable bonds is 5. The summed E-state index contributed by atoms with van der Waals surface area (Å²) in [6, 6.07) is 5.21. The number of methoxy groups -OCH3 is 2. The van der Waals surface area contributed by atoms with E-state index in [1.807, 2.05) is 4.90 Å². The van der Waals surface area contributed by atoms with E-state index in [-0.39, 0.29) is 0 Å². The fourth-order valence-electron chi connectivity index (χ4n) is 2.63. The molecule has 0 radical (unpaired) electrons. The van der Waals surface area contributed by atoms with Gasteiger partial charge in [0.05, 0.1) is 27.4 Å². The van der Waals surface area contributed by atoms with Crippen molar-refractivity contribution in [3.63, 3.8) is 0 Å². The predicted octanol–water partition coefficient (Wildman–Crippen LogP) is 1.34. The van der Waals surface area contributed by atoms with Gasteiger partial charge in [-0.3, -0.25) is 4.90 Å². The third-order valence-corrected chi connectivity index (χ3v) is 3.99. The van der Waals surface area contributed by atoms with Crippen LogP contribution in [0.3, 0.4) is 0 Å². The van der Waals surface area contributed by atoms with Crippen molar-refractivity contribution in [2.45, 2.75) is 12.5 Å². The van der Waals surface area contributed by atoms with E-state index in [1.54, 1.807) is 32.2 Å². The highest BCUT2D eigenvalue weighted by Gasteiger charge is 2.44. The number of ether oxygens (including phenoxy) is 3. The highest BCUT2D eigenvalue weighted by molar-refractivity contribution is 5.81. The summed E-state index contributed by atoms with van der Waals surface area (Å²) < 4.78 is 15.9. The first kappa shape index (κ1) is 15.6. The molecule has 1 saturated heterocycles. The Morgan fingerprint density at radius 2 is 1.95 bits per heavy atom. The fourth-order valence-corrected chi connectivity index (χ4v) is 2.63. The average molecular weight is 295 g/mol. The van der Waals surface area contributed by atoms with Gasteiger partial charge in [-0.15, -0.1) is 0 Å². The maximum atomic E-state index is 12.0. The first-order valence-corrected chi connectivity index (χ1v) is 6.82. The lowest BCUT2D eigenvalue weighted by atomic mass is 9.88. The molecule has 0 aliphatic carbocycles. The van der Waals surface area contributed by atoms with Crippen LogP contribution in [0.15, 0.2) is 18.2 Å². The van der Waals surface area contributed by atoms with Crippen molar-refractivity contribution >= 4 is 5.97 Å². The number of carboxylic acid groups (broad SMARTS) is 1. The van der Waals surface area contributed by atoms with Gasteiger partial charge in [0.15, 0.2) is 0 Å². The van der Waals surface area contributed by atoms with E-state index in [4.69, 9.17) is 14.2 Å². The number of carboxylic acids is 1. The van der Waals surface area contributed by atoms with Crippen LogP contribution in [0.2, 0.25) is 0 Å². The van der Waals surface area contributed by atoms with Gasteiger partial charge in [-0.1, -0.05) is 0 Å². The summed E-state index contributed by atoms with van der Waals surface area (Å²) in [5.74, 6) is 0.226. The van der Waals surface area contributed by atoms with Crippen LogP contribution < -0.4 is 9.47 Å². The third-order valence-electron chi connectivity index (χ3n) is 3.99. The maximum Gasteiger partial charge on any atom is 0.328 e. The Labute approximate surface area is 124 Å². The van der Waals surface area contributed by atoms with Crippen LogP contribution in [-0.2, 0) is 15.1 Å². The molecule has 1 aromatic rings. The van der Waals surface area contributed by atoms with E-state index in [0.717, 1.165) is 0 Å². The minimum atomic E-state index is -1.17. The molecule has 6 heteroatoms. The lowest BCUT2D eigenvalue weighted by Crippen LogP contribution is -2.54. The minimum Gasteiger partial charge on any atom is -0.497 e. The largest absolute Gasteiger partial charge is 0.497 e. The number of aliphatic carboxylic acids is 1. The normalized spacial score (nSPS) is 18.8. The van der Waals surface area contributed by atoms with E-state index in [9.17, 15) is 9.90 Å². The molecule has 0 saturated carbocycles. The van der Waals surface area contributed by atoms with E-state index < -0.39 is 11.5 Å². The summed E-state index contributed by atoms with van der Waals surface area (Å²) in [6.07, 6.45) is 0. The number of carbonyl (C=O) groups is 1. The fraction of sp³-hybridized carbons (Fsp3) is 0.533. The van der Waals surface area contributed by atoms with Gasteiger partial charge in [0.1, 0.15) is 17.0 Å². The molecule has 0 amide bonds. The zero-order valence-electron chi connectivity index (χ0n) is 12.6. The molecule has 0 bridgehead atoms. The molecule has 0 aromatic heterocycles. The Bertz CT molecular complexity index is 513. The molecular weight excluding hydrogens is 274 g/mol. The van der Waals surface area contributed by atoms with E-state index in [2.05, 4.69) is 0 Å². The topological polar surface area (TPSA) is 68.2 Å². The Balaban J connectivity index is 2.48. The summed E-state index contributed by atoms with van der Waals surface area (Å²) in [4.78, 5) is 13.9. The summed E-state index contributed by atoms with van der Waals surface area (Å²) in [7, 11) is 3.09. The van der Waals surface area contributed by atoms with E-state index in [1.165, 1.54) is 7.11 Å². The van der Waals surface area contributed by atoms with Crippen molar-refractivity contribution in [2.24, 2.45) is 0 Å². The summed E-state index contributed by atoms with van der Waals surface area (Å²) >= 11 is 0. The first-order chi connectivity index (χ1) is 10.0. The standard InChI is InChI=1S/C15H21NO5/c1-15(14(17)18,16-6-8-21-9-7-16)12-5-4-11(19-2)10-13(12)20-3/h4-5,10H,6-9H2,1-3H3,(H,17,18). The van der Waals surface area contributed by atoms with Crippen LogP contribution in [0.1, 0.15) is 12.5 Å². The smallest absolute Gasteiger partial charge is 0.328 e. The maximum absolute atomic E-state index is 12.0. The van der Waals surface area contributed by atoms with Crippen LogP contribution in [0.5, 0.6) is 11.5 Å². The summed E-state index contributed by atoms with van der Waals surface area (Å²) in [6.45, 7) is 3.89. The Morgan fingerprint density at radius 1 is 1.29 bits per heavy atom. The van der Waals surface area contributed by atoms with Gasteiger partial charge >= 0.3 is 5.97 Å². The average Bonchev–Trinajstić information content (AvgIpc) is 2.54. The van der Waals surface area contributed by atoms with E-state index in [0.29, 0.717) is 43.4 Å². The van der Waals surface area contributed by atoms with Crippen molar-refractivity contribution in [2.75, 3.05) is 40.5 Å². The van der Waals surface area contributed by atoms with Crippen molar-refractivity contribution in [1.82, 2.24) is 4.90 Å². The van der Waals surface area contributed by atoms with Crippen molar-refractivity contribution in [3.8, 4) is 11.5 Å². The molecule has 0 spiro atoms. The van der Waals surface area contributed by atoms with Crippen LogP contribution in [0, 0.1) is 0 Å². The van der Waals surface area contributed by atoms with Gasteiger partial charge in [-0.05, 0) is 19.1 Å². The monoisotopic (exact) mass is 295 g/mol. The molecule has 1 fully saturated rings. The molecule has 1 aliphatic rings. The van der Waals surface area contributed by atoms with Crippen molar-refractivity contribution in [3.05, 3.63) is 23.8 Å². The molecule has 1 heterocycles. The minimum absolute atomic E-state index is 0.505. The van der Waals surface area contributed by atoms with Gasteiger partial charge in [-0.25, -0.2) is 4.79 Å². The van der Waals surface area contributed by atoms with Gasteiger partial charge in [0, 0.05) is 24.7 Å². The number of hydrogen-bond acceptors (Lipinski definition) is 5. The lowest BCUT2D eigenvalue weighted by molar-refractivity contribution is -0.154. The van der Waals surface area contributed by atoms with Gasteiger partial charge in [-0.2, -0.15) is 0 Å². The highest BCUT2D eigenvalue weighted by atomic mass is 16.5. The highest BCUT2D eigenvalue weighted by Crippen LogP contribution is 2.37. The number of morpholine rings is 1. The van der Waals surface area contributed by atoms with Crippen LogP contribution in [0.4, 0.5) is 0 Å². The molecule has 21 heavy (non-hydrogen) atoms. The van der Waals surface area contributed by atoms with Crippen molar-refractivity contribution in [1.29, 1.82) is 0 Å². The van der Waals surface area contributed by atoms with Crippen LogP contribution in [-0.4, -0.2) is 56.5 Å². The van der Waals surface area contributed by atoms with Gasteiger partial charge in [0.2, 0.25) is 0 Å². The molecule has 1 aromatic carbocycles. The summed E-state index contributed by atoms with van der Waals surface area (Å²) in [5.41, 5.74) is -0.554. The SMILES string of the molecule is COc1ccc(C(C)(C(=O)O)N2CCOCC2)c(OC)c1. The van der Waals surface area contributed by atoms with Crippen LogP contribution >= 0.6 is 0 Å². The second-order valence-electron chi connectivity index (χ2n) is 5.04. The van der Waals surface area contributed by atoms with Gasteiger partial charge < -0.3 is 19.3 Å². The molecule has 1 unspecified atom stereocenters. The molecular formula is C15H21NO5. The lowest BCUT2D eigenvalue weighted by Gasteiger charge is -2.40. The summed E-state index contributed by atoms with van der Waals surface area (Å²) in [5, 5.41) is 9.82. The molecule has 1 N–H and O–H groups in total. The molecule has 1 atom stereocenters. The Morgan fingerprint density at radius 3 is 2.48 bits per heavy atom. The van der Waals surface area contributed by atoms with E-state index >= 15 is 0 Å². The number of nitrogens with zero attached hydrogens (tertiary/aromatic N) is 1. The van der Waals surface area contributed by atoms with Gasteiger partial charge in [0.25, 0.3) is 0 Å². The number of benzene rings is 1. The quantitative estimate of drug-likeness (QED) is 0.884. The van der Waals surface area contributed by atoms with Crippen LogP contribution in [0.25, 0.3) is 0 Å². The molecule has 1 aliphatic heterocycles. The zero-order valence-corrected chi connectivity index (χ0v) is 12.6. The molecule has 6 nitrogen and oxygen atoms in total. The number of hydrogen-bond donors (Lipinski definition) is 1. The molecule has 2 rings (SSSR count).